The number of fused-ring (bicyclic) bond motifs is 1. The van der Waals surface area contributed by atoms with Gasteiger partial charge >= 0.3 is 0 Å². The number of aromatic nitrogens is 1. The number of aldehydes is 1. The predicted octanol–water partition coefficient (Wildman–Crippen LogP) is 3.36. The van der Waals surface area contributed by atoms with Gasteiger partial charge in [0.05, 0.1) is 10.2 Å². The highest BCUT2D eigenvalue weighted by Gasteiger charge is 2.06. The van der Waals surface area contributed by atoms with Crippen LogP contribution in [-0.2, 0) is 0 Å². The van der Waals surface area contributed by atoms with Crippen molar-refractivity contribution in [2.45, 2.75) is 0 Å². The summed E-state index contributed by atoms with van der Waals surface area (Å²) < 4.78 is 1.02. The summed E-state index contributed by atoms with van der Waals surface area (Å²) in [7, 11) is 0. The molecule has 1 aromatic heterocycles. The van der Waals surface area contributed by atoms with E-state index < -0.39 is 0 Å². The SMILES string of the molecule is Nc1ccc(-c2nc3ccc(C=O)cc3s2)cc1. The molecule has 0 radical (unpaired) electrons. The predicted molar refractivity (Wildman–Crippen MR) is 74.9 cm³/mol. The number of nitrogen functional groups attached to an aromatic ring is 1. The lowest BCUT2D eigenvalue weighted by Crippen LogP contribution is -1.83. The number of nitrogens with two attached hydrogens (primary N) is 1. The molecular formula is C14H10N2OS. The van der Waals surface area contributed by atoms with Gasteiger partial charge in [-0.3, -0.25) is 4.79 Å². The van der Waals surface area contributed by atoms with Gasteiger partial charge in [0.25, 0.3) is 0 Å². The molecule has 0 aliphatic heterocycles. The standard InChI is InChI=1S/C14H10N2OS/c15-11-4-2-10(3-5-11)14-16-12-6-1-9(8-17)7-13(12)18-14/h1-8H,15H2. The van der Waals surface area contributed by atoms with Crippen LogP contribution in [0.1, 0.15) is 10.4 Å². The van der Waals surface area contributed by atoms with Crippen LogP contribution in [0.15, 0.2) is 42.5 Å². The topological polar surface area (TPSA) is 56.0 Å². The summed E-state index contributed by atoms with van der Waals surface area (Å²) in [4.78, 5) is 15.3. The summed E-state index contributed by atoms with van der Waals surface area (Å²) in [6.45, 7) is 0. The zero-order valence-corrected chi connectivity index (χ0v) is 10.3. The molecule has 88 valence electrons. The Labute approximate surface area is 108 Å². The minimum atomic E-state index is 0.676. The number of hydrogen-bond donors (Lipinski definition) is 1. The molecule has 2 N–H and O–H groups in total. The van der Waals surface area contributed by atoms with Crippen LogP contribution in [0.5, 0.6) is 0 Å². The van der Waals surface area contributed by atoms with Crippen molar-refractivity contribution in [3.8, 4) is 10.6 Å². The zero-order chi connectivity index (χ0) is 12.5. The Hall–Kier alpha value is -2.20. The fraction of sp³-hybridized carbons (Fsp3) is 0. The van der Waals surface area contributed by atoms with Crippen molar-refractivity contribution in [3.63, 3.8) is 0 Å². The van der Waals surface area contributed by atoms with E-state index in [1.165, 1.54) is 0 Å². The smallest absolute Gasteiger partial charge is 0.150 e. The molecule has 0 unspecified atom stereocenters. The lowest BCUT2D eigenvalue weighted by molar-refractivity contribution is 0.112. The number of carbonyl (C=O) groups excluding carboxylic acids is 1. The van der Waals surface area contributed by atoms with Gasteiger partial charge in [0.1, 0.15) is 11.3 Å². The van der Waals surface area contributed by atoms with Crippen LogP contribution >= 0.6 is 11.3 Å². The molecule has 0 bridgehead atoms. The van der Waals surface area contributed by atoms with Crippen molar-refractivity contribution in [1.82, 2.24) is 4.98 Å². The summed E-state index contributed by atoms with van der Waals surface area (Å²) in [5.41, 5.74) is 9.03. The number of benzene rings is 2. The maximum atomic E-state index is 10.7. The van der Waals surface area contributed by atoms with Gasteiger partial charge in [-0.05, 0) is 42.5 Å². The van der Waals surface area contributed by atoms with Crippen LogP contribution in [-0.4, -0.2) is 11.3 Å². The zero-order valence-electron chi connectivity index (χ0n) is 9.46. The maximum Gasteiger partial charge on any atom is 0.150 e. The fourth-order valence-electron chi connectivity index (χ4n) is 1.76. The minimum Gasteiger partial charge on any atom is -0.399 e. The normalized spacial score (nSPS) is 10.7. The molecule has 0 amide bonds. The molecule has 3 rings (SSSR count). The highest BCUT2D eigenvalue weighted by atomic mass is 32.1. The molecule has 4 heteroatoms. The van der Waals surface area contributed by atoms with E-state index in [0.29, 0.717) is 5.56 Å². The first kappa shape index (κ1) is 10.9. The Bertz CT molecular complexity index is 716. The average molecular weight is 254 g/mol. The van der Waals surface area contributed by atoms with Gasteiger partial charge in [-0.25, -0.2) is 4.98 Å². The molecule has 3 nitrogen and oxygen atoms in total. The molecule has 1 heterocycles. The van der Waals surface area contributed by atoms with E-state index in [-0.39, 0.29) is 0 Å². The molecule has 2 aromatic carbocycles. The Morgan fingerprint density at radius 3 is 2.61 bits per heavy atom. The quantitative estimate of drug-likeness (QED) is 0.563. The third-order valence-corrected chi connectivity index (χ3v) is 3.77. The number of hydrogen-bond acceptors (Lipinski definition) is 4. The van der Waals surface area contributed by atoms with Crippen LogP contribution in [0, 0.1) is 0 Å². The fourth-order valence-corrected chi connectivity index (χ4v) is 2.78. The van der Waals surface area contributed by atoms with Crippen LogP contribution in [0.4, 0.5) is 5.69 Å². The van der Waals surface area contributed by atoms with E-state index in [0.717, 1.165) is 32.8 Å². The van der Waals surface area contributed by atoms with Crippen LogP contribution in [0.25, 0.3) is 20.8 Å². The number of carbonyl (C=O) groups is 1. The molecule has 0 spiro atoms. The van der Waals surface area contributed by atoms with Crippen molar-refractivity contribution in [1.29, 1.82) is 0 Å². The van der Waals surface area contributed by atoms with Gasteiger partial charge in [-0.15, -0.1) is 11.3 Å². The third-order valence-electron chi connectivity index (χ3n) is 2.71. The van der Waals surface area contributed by atoms with Crippen molar-refractivity contribution in [2.75, 3.05) is 5.73 Å². The molecule has 0 saturated heterocycles. The van der Waals surface area contributed by atoms with Crippen molar-refractivity contribution in [3.05, 3.63) is 48.0 Å². The van der Waals surface area contributed by atoms with Gasteiger partial charge in [-0.2, -0.15) is 0 Å². The number of thiazole rings is 1. The monoisotopic (exact) mass is 254 g/mol. The Balaban J connectivity index is 2.12. The Morgan fingerprint density at radius 1 is 1.11 bits per heavy atom. The van der Waals surface area contributed by atoms with Gasteiger partial charge in [-0.1, -0.05) is 0 Å². The average Bonchev–Trinajstić information content (AvgIpc) is 2.82. The van der Waals surface area contributed by atoms with Crippen LogP contribution < -0.4 is 5.73 Å². The largest absolute Gasteiger partial charge is 0.399 e. The van der Waals surface area contributed by atoms with E-state index in [9.17, 15) is 4.79 Å². The molecule has 0 aliphatic rings. The third kappa shape index (κ3) is 1.87. The molecule has 0 aliphatic carbocycles. The van der Waals surface area contributed by atoms with E-state index in [4.69, 9.17) is 5.73 Å². The molecule has 0 atom stereocenters. The first-order valence-electron chi connectivity index (χ1n) is 5.48. The maximum absolute atomic E-state index is 10.7. The molecule has 18 heavy (non-hydrogen) atoms. The van der Waals surface area contributed by atoms with Gasteiger partial charge in [0.15, 0.2) is 0 Å². The van der Waals surface area contributed by atoms with Gasteiger partial charge in [0, 0.05) is 16.8 Å². The van der Waals surface area contributed by atoms with E-state index in [1.54, 1.807) is 17.4 Å². The summed E-state index contributed by atoms with van der Waals surface area (Å²) in [5, 5.41) is 0.938. The van der Waals surface area contributed by atoms with Gasteiger partial charge in [0.2, 0.25) is 0 Å². The highest BCUT2D eigenvalue weighted by molar-refractivity contribution is 7.21. The number of rotatable bonds is 2. The van der Waals surface area contributed by atoms with Crippen molar-refractivity contribution >= 4 is 33.5 Å². The second kappa shape index (κ2) is 4.23. The minimum absolute atomic E-state index is 0.676. The van der Waals surface area contributed by atoms with E-state index >= 15 is 0 Å². The first-order valence-corrected chi connectivity index (χ1v) is 6.29. The summed E-state index contributed by atoms with van der Waals surface area (Å²) in [6, 6.07) is 13.1. The van der Waals surface area contributed by atoms with Crippen LogP contribution in [0.3, 0.4) is 0 Å². The summed E-state index contributed by atoms with van der Waals surface area (Å²) in [6.07, 6.45) is 0.849. The van der Waals surface area contributed by atoms with Crippen molar-refractivity contribution < 1.29 is 4.79 Å². The number of anilines is 1. The molecular weight excluding hydrogens is 244 g/mol. The van der Waals surface area contributed by atoms with Gasteiger partial charge < -0.3 is 5.73 Å². The molecule has 0 saturated carbocycles. The second-order valence-corrected chi connectivity index (χ2v) is 5.02. The lowest BCUT2D eigenvalue weighted by Gasteiger charge is -1.95. The summed E-state index contributed by atoms with van der Waals surface area (Å²) >= 11 is 1.57. The van der Waals surface area contributed by atoms with Crippen LogP contribution in [0.2, 0.25) is 0 Å². The van der Waals surface area contributed by atoms with Crippen molar-refractivity contribution in [2.24, 2.45) is 0 Å². The Morgan fingerprint density at radius 2 is 1.89 bits per heavy atom. The lowest BCUT2D eigenvalue weighted by atomic mass is 10.2. The Kier molecular flexibility index (Phi) is 2.57. The number of nitrogens with zero attached hydrogens (tertiary/aromatic N) is 1. The molecule has 0 fully saturated rings. The van der Waals surface area contributed by atoms with E-state index in [1.807, 2.05) is 36.4 Å². The molecule has 3 aromatic rings. The first-order chi connectivity index (χ1) is 8.76. The highest BCUT2D eigenvalue weighted by Crippen LogP contribution is 2.30. The second-order valence-electron chi connectivity index (χ2n) is 3.99. The summed E-state index contributed by atoms with van der Waals surface area (Å²) in [5.74, 6) is 0. The van der Waals surface area contributed by atoms with E-state index in [2.05, 4.69) is 4.98 Å².